The first-order chi connectivity index (χ1) is 12.8. The van der Waals surface area contributed by atoms with Crippen LogP contribution in [0.15, 0.2) is 24.3 Å². The summed E-state index contributed by atoms with van der Waals surface area (Å²) in [6.07, 6.45) is 0. The van der Waals surface area contributed by atoms with Gasteiger partial charge in [0, 0.05) is 24.5 Å². The molecule has 3 heteroatoms. The van der Waals surface area contributed by atoms with Gasteiger partial charge in [-0.15, -0.1) is 0 Å². The van der Waals surface area contributed by atoms with E-state index in [1.54, 1.807) is 0 Å². The second-order valence-electron chi connectivity index (χ2n) is 7.89. The normalized spacial score (nSPS) is 17.1. The van der Waals surface area contributed by atoms with Gasteiger partial charge in [0.2, 0.25) is 6.67 Å². The highest BCUT2D eigenvalue weighted by Gasteiger charge is 2.35. The summed E-state index contributed by atoms with van der Waals surface area (Å²) in [5.74, 6) is 0. The Morgan fingerprint density at radius 2 is 1.33 bits per heavy atom. The number of anilines is 2. The standard InChI is InChI=1S/C24H32N2O/c1-8-27-14-22-13-25(23-18(4)9-16(2)10-19(23)5)15-26(22)24-20(6)11-17(3)12-21(24)7/h9-12,22H,8,13-14H2,1-7H3. The van der Waals surface area contributed by atoms with Crippen molar-refractivity contribution in [1.29, 1.82) is 0 Å². The molecule has 27 heavy (non-hydrogen) atoms. The van der Waals surface area contributed by atoms with E-state index in [4.69, 9.17) is 4.74 Å². The zero-order chi connectivity index (χ0) is 19.7. The Bertz CT molecular complexity index is 781. The fraction of sp³-hybridized carbons (Fsp3) is 0.458. The van der Waals surface area contributed by atoms with Gasteiger partial charge in [-0.25, -0.2) is 0 Å². The van der Waals surface area contributed by atoms with Crippen molar-refractivity contribution >= 4 is 11.4 Å². The van der Waals surface area contributed by atoms with E-state index in [9.17, 15) is 0 Å². The van der Waals surface area contributed by atoms with Crippen molar-refractivity contribution in [3.63, 3.8) is 0 Å². The van der Waals surface area contributed by atoms with Crippen LogP contribution in [-0.2, 0) is 4.74 Å². The second-order valence-corrected chi connectivity index (χ2v) is 7.89. The lowest BCUT2D eigenvalue weighted by Crippen LogP contribution is -2.34. The molecule has 3 rings (SSSR count). The molecule has 2 aromatic rings. The SMILES string of the molecule is CCOCC1CN(c2c(C)cc(C)cc2C)[C]N1c1c(C)cc(C)cc1C. The summed E-state index contributed by atoms with van der Waals surface area (Å²) in [6, 6.07) is 9.28. The van der Waals surface area contributed by atoms with Crippen LogP contribution in [0.2, 0.25) is 0 Å². The van der Waals surface area contributed by atoms with Crippen LogP contribution in [0, 0.1) is 48.2 Å². The molecule has 3 nitrogen and oxygen atoms in total. The van der Waals surface area contributed by atoms with Crippen LogP contribution in [0.5, 0.6) is 0 Å². The van der Waals surface area contributed by atoms with E-state index in [0.29, 0.717) is 6.61 Å². The van der Waals surface area contributed by atoms with Gasteiger partial charge < -0.3 is 14.5 Å². The van der Waals surface area contributed by atoms with Gasteiger partial charge in [-0.2, -0.15) is 0 Å². The molecule has 1 heterocycles. The van der Waals surface area contributed by atoms with Crippen LogP contribution >= 0.6 is 0 Å². The summed E-state index contributed by atoms with van der Waals surface area (Å²) in [5, 5.41) is 0. The lowest BCUT2D eigenvalue weighted by Gasteiger charge is -2.28. The predicted molar refractivity (Wildman–Crippen MR) is 115 cm³/mol. The lowest BCUT2D eigenvalue weighted by atomic mass is 10.0. The maximum atomic E-state index is 5.83. The molecule has 144 valence electrons. The number of benzene rings is 2. The van der Waals surface area contributed by atoms with E-state index in [0.717, 1.165) is 13.2 Å². The topological polar surface area (TPSA) is 15.7 Å². The summed E-state index contributed by atoms with van der Waals surface area (Å²) >= 11 is 0. The third kappa shape index (κ3) is 3.98. The highest BCUT2D eigenvalue weighted by Crippen LogP contribution is 2.37. The minimum absolute atomic E-state index is 0.255. The number of hydrogen-bond donors (Lipinski definition) is 0. The Morgan fingerprint density at radius 1 is 0.852 bits per heavy atom. The third-order valence-corrected chi connectivity index (χ3v) is 5.28. The molecule has 0 amide bonds. The monoisotopic (exact) mass is 364 g/mol. The minimum atomic E-state index is 0.255. The Labute approximate surface area is 164 Å². The maximum Gasteiger partial charge on any atom is 0.209 e. The van der Waals surface area contributed by atoms with Crippen molar-refractivity contribution in [2.45, 2.75) is 54.5 Å². The van der Waals surface area contributed by atoms with Crippen LogP contribution in [0.1, 0.15) is 40.3 Å². The van der Waals surface area contributed by atoms with Crippen LogP contribution in [0.25, 0.3) is 0 Å². The lowest BCUT2D eigenvalue weighted by molar-refractivity contribution is 0.137. The van der Waals surface area contributed by atoms with Gasteiger partial charge in [0.25, 0.3) is 0 Å². The van der Waals surface area contributed by atoms with Crippen LogP contribution in [0.3, 0.4) is 0 Å². The van der Waals surface area contributed by atoms with Gasteiger partial charge in [0.15, 0.2) is 0 Å². The van der Waals surface area contributed by atoms with E-state index < -0.39 is 0 Å². The summed E-state index contributed by atoms with van der Waals surface area (Å²) in [4.78, 5) is 4.59. The fourth-order valence-electron chi connectivity index (χ4n) is 4.45. The van der Waals surface area contributed by atoms with Crippen LogP contribution in [0.4, 0.5) is 11.4 Å². The average Bonchev–Trinajstić information content (AvgIpc) is 2.94. The molecular weight excluding hydrogens is 332 g/mol. The molecule has 2 radical (unpaired) electrons. The first-order valence-corrected chi connectivity index (χ1v) is 9.88. The maximum absolute atomic E-state index is 5.83. The number of rotatable bonds is 5. The zero-order valence-corrected chi connectivity index (χ0v) is 17.8. The predicted octanol–water partition coefficient (Wildman–Crippen LogP) is 5.27. The zero-order valence-electron chi connectivity index (χ0n) is 17.8. The quantitative estimate of drug-likeness (QED) is 0.719. The molecule has 0 saturated carbocycles. The highest BCUT2D eigenvalue weighted by molar-refractivity contribution is 5.69. The number of nitrogens with zero attached hydrogens (tertiary/aromatic N) is 2. The molecule has 2 aromatic carbocycles. The second kappa shape index (κ2) is 7.93. The minimum Gasteiger partial charge on any atom is -0.380 e. The summed E-state index contributed by atoms with van der Waals surface area (Å²) in [6.45, 7) is 21.1. The Hall–Kier alpha value is -2.00. The van der Waals surface area contributed by atoms with Crippen LogP contribution < -0.4 is 9.80 Å². The Kier molecular flexibility index (Phi) is 5.81. The molecule has 0 bridgehead atoms. The summed E-state index contributed by atoms with van der Waals surface area (Å²) < 4.78 is 5.83. The number of ether oxygens (including phenoxy) is 1. The number of hydrogen-bond acceptors (Lipinski definition) is 3. The third-order valence-electron chi connectivity index (χ3n) is 5.28. The van der Waals surface area contributed by atoms with Crippen molar-refractivity contribution in [1.82, 2.24) is 0 Å². The van der Waals surface area contributed by atoms with Gasteiger partial charge in [0.1, 0.15) is 0 Å². The summed E-state index contributed by atoms with van der Waals surface area (Å²) in [5.41, 5.74) is 10.3. The molecule has 0 aliphatic carbocycles. The van der Waals surface area contributed by atoms with E-state index in [2.05, 4.69) is 89.2 Å². The fourth-order valence-corrected chi connectivity index (χ4v) is 4.45. The molecule has 1 unspecified atom stereocenters. The number of aryl methyl sites for hydroxylation is 6. The van der Waals surface area contributed by atoms with E-state index in [-0.39, 0.29) is 6.04 Å². The molecule has 0 aromatic heterocycles. The molecule has 0 spiro atoms. The smallest absolute Gasteiger partial charge is 0.209 e. The van der Waals surface area contributed by atoms with Gasteiger partial charge in [0.05, 0.1) is 12.6 Å². The first kappa shape index (κ1) is 19.8. The Balaban J connectivity index is 1.99. The van der Waals surface area contributed by atoms with Crippen molar-refractivity contribution in [2.24, 2.45) is 0 Å². The van der Waals surface area contributed by atoms with Gasteiger partial charge in [-0.1, -0.05) is 35.4 Å². The van der Waals surface area contributed by atoms with Crippen molar-refractivity contribution < 1.29 is 4.74 Å². The molecule has 1 saturated heterocycles. The van der Waals surface area contributed by atoms with E-state index in [1.807, 2.05) is 0 Å². The first-order valence-electron chi connectivity index (χ1n) is 9.88. The van der Waals surface area contributed by atoms with Gasteiger partial charge >= 0.3 is 0 Å². The van der Waals surface area contributed by atoms with Crippen molar-refractivity contribution in [3.8, 4) is 0 Å². The Morgan fingerprint density at radius 3 is 1.81 bits per heavy atom. The highest BCUT2D eigenvalue weighted by atomic mass is 16.5. The molecule has 1 aliphatic heterocycles. The molecule has 0 N–H and O–H groups in total. The average molecular weight is 365 g/mol. The largest absolute Gasteiger partial charge is 0.380 e. The van der Waals surface area contributed by atoms with Gasteiger partial charge in [-0.05, 0) is 70.7 Å². The van der Waals surface area contributed by atoms with Crippen LogP contribution in [-0.4, -0.2) is 25.8 Å². The summed E-state index contributed by atoms with van der Waals surface area (Å²) in [7, 11) is 0. The molecule has 1 aliphatic rings. The van der Waals surface area contributed by atoms with E-state index >= 15 is 0 Å². The molecular formula is C24H32N2O. The molecule has 1 fully saturated rings. The van der Waals surface area contributed by atoms with E-state index in [1.165, 1.54) is 44.8 Å². The molecule has 1 atom stereocenters. The van der Waals surface area contributed by atoms with Gasteiger partial charge in [-0.3, -0.25) is 0 Å². The van der Waals surface area contributed by atoms with Crippen molar-refractivity contribution in [2.75, 3.05) is 29.6 Å². The van der Waals surface area contributed by atoms with Crippen molar-refractivity contribution in [3.05, 3.63) is 64.3 Å².